The average molecular weight is 432 g/mol. The van der Waals surface area contributed by atoms with E-state index in [2.05, 4.69) is 10.3 Å². The highest BCUT2D eigenvalue weighted by Gasteiger charge is 2.08. The van der Waals surface area contributed by atoms with Crippen LogP contribution in [0.2, 0.25) is 5.02 Å². The highest BCUT2D eigenvalue weighted by molar-refractivity contribution is 6.32. The first-order valence-corrected chi connectivity index (χ1v) is 10.3. The van der Waals surface area contributed by atoms with Crippen LogP contribution in [0, 0.1) is 0 Å². The van der Waals surface area contributed by atoms with Crippen molar-refractivity contribution in [1.29, 1.82) is 0 Å². The Morgan fingerprint density at radius 2 is 1.74 bits per heavy atom. The second-order valence-electron chi connectivity index (χ2n) is 7.13. The number of hydrogen-bond donors (Lipinski definition) is 1. The van der Waals surface area contributed by atoms with Gasteiger partial charge < -0.3 is 14.6 Å². The summed E-state index contributed by atoms with van der Waals surface area (Å²) < 4.78 is 7.61. The Hall–Kier alpha value is -3.57. The zero-order valence-corrected chi connectivity index (χ0v) is 17.6. The molecule has 0 aliphatic carbocycles. The molecule has 4 aromatic rings. The fourth-order valence-electron chi connectivity index (χ4n) is 3.18. The molecule has 31 heavy (non-hydrogen) atoms. The summed E-state index contributed by atoms with van der Waals surface area (Å²) in [6.07, 6.45) is 5.47. The summed E-state index contributed by atoms with van der Waals surface area (Å²) in [6, 6.07) is 23.6. The van der Waals surface area contributed by atoms with Crippen LogP contribution in [0.1, 0.15) is 11.1 Å². The minimum Gasteiger partial charge on any atom is -0.482 e. The Balaban J connectivity index is 1.25. The third kappa shape index (κ3) is 5.74. The van der Waals surface area contributed by atoms with Crippen LogP contribution in [0.4, 0.5) is 0 Å². The summed E-state index contributed by atoms with van der Waals surface area (Å²) in [7, 11) is 0. The van der Waals surface area contributed by atoms with E-state index in [4.69, 9.17) is 16.3 Å². The van der Waals surface area contributed by atoms with Gasteiger partial charge in [-0.15, -0.1) is 0 Å². The smallest absolute Gasteiger partial charge is 0.258 e. The van der Waals surface area contributed by atoms with E-state index >= 15 is 0 Å². The molecule has 1 heterocycles. The molecule has 0 spiro atoms. The van der Waals surface area contributed by atoms with E-state index in [1.54, 1.807) is 18.6 Å². The number of halogens is 1. The van der Waals surface area contributed by atoms with Crippen LogP contribution in [0.25, 0.3) is 11.1 Å². The van der Waals surface area contributed by atoms with E-state index in [-0.39, 0.29) is 12.5 Å². The molecule has 0 radical (unpaired) electrons. The van der Waals surface area contributed by atoms with Gasteiger partial charge in [-0.25, -0.2) is 4.98 Å². The topological polar surface area (TPSA) is 56.1 Å². The molecule has 0 bridgehead atoms. The molecule has 156 valence electrons. The van der Waals surface area contributed by atoms with Crippen LogP contribution in [0.3, 0.4) is 0 Å². The Bertz CT molecular complexity index is 1130. The Labute approximate surface area is 186 Å². The van der Waals surface area contributed by atoms with Crippen LogP contribution >= 0.6 is 11.6 Å². The second kappa shape index (κ2) is 9.96. The molecule has 0 aliphatic heterocycles. The number of nitrogens with zero attached hydrogens (tertiary/aromatic N) is 2. The summed E-state index contributed by atoms with van der Waals surface area (Å²) in [5.74, 6) is 0.283. The SMILES string of the molecule is O=C(COc1ccc(-c2ccccc2)cc1Cl)NCc1ccc(Cn2ccnc2)cc1. The number of carbonyl (C=O) groups is 1. The maximum atomic E-state index is 12.2. The fourth-order valence-corrected chi connectivity index (χ4v) is 3.41. The molecule has 1 aromatic heterocycles. The van der Waals surface area contributed by atoms with E-state index < -0.39 is 0 Å². The third-order valence-electron chi connectivity index (χ3n) is 4.83. The normalized spacial score (nSPS) is 10.6. The van der Waals surface area contributed by atoms with Crippen molar-refractivity contribution in [3.63, 3.8) is 0 Å². The molecule has 0 unspecified atom stereocenters. The summed E-state index contributed by atoms with van der Waals surface area (Å²) >= 11 is 6.34. The fraction of sp³-hybridized carbons (Fsp3) is 0.120. The number of benzene rings is 3. The maximum Gasteiger partial charge on any atom is 0.258 e. The van der Waals surface area contributed by atoms with Crippen molar-refractivity contribution in [3.8, 4) is 16.9 Å². The molecule has 5 nitrogen and oxygen atoms in total. The lowest BCUT2D eigenvalue weighted by molar-refractivity contribution is -0.123. The van der Waals surface area contributed by atoms with Crippen molar-refractivity contribution in [2.45, 2.75) is 13.1 Å². The van der Waals surface area contributed by atoms with Crippen LogP contribution < -0.4 is 10.1 Å². The molecule has 1 amide bonds. The molecular formula is C25H22ClN3O2. The monoisotopic (exact) mass is 431 g/mol. The van der Waals surface area contributed by atoms with Crippen molar-refractivity contribution in [1.82, 2.24) is 14.9 Å². The van der Waals surface area contributed by atoms with Crippen molar-refractivity contribution in [3.05, 3.63) is 108 Å². The van der Waals surface area contributed by atoms with E-state index in [9.17, 15) is 4.79 Å². The Kier molecular flexibility index (Phi) is 6.65. The van der Waals surface area contributed by atoms with Gasteiger partial charge in [-0.3, -0.25) is 4.79 Å². The first kappa shape index (κ1) is 20.7. The molecule has 0 saturated heterocycles. The number of hydrogen-bond acceptors (Lipinski definition) is 3. The van der Waals surface area contributed by atoms with E-state index in [1.807, 2.05) is 77.5 Å². The predicted molar refractivity (Wildman–Crippen MR) is 122 cm³/mol. The highest BCUT2D eigenvalue weighted by Crippen LogP contribution is 2.30. The van der Waals surface area contributed by atoms with Gasteiger partial charge in [-0.1, -0.05) is 72.3 Å². The van der Waals surface area contributed by atoms with Gasteiger partial charge in [0.05, 0.1) is 11.3 Å². The van der Waals surface area contributed by atoms with Gasteiger partial charge in [0.15, 0.2) is 6.61 Å². The number of aromatic nitrogens is 2. The molecule has 6 heteroatoms. The van der Waals surface area contributed by atoms with Crippen LogP contribution in [-0.4, -0.2) is 22.1 Å². The molecule has 1 N–H and O–H groups in total. The molecule has 0 atom stereocenters. The van der Waals surface area contributed by atoms with Crippen LogP contribution in [0.15, 0.2) is 91.5 Å². The minimum atomic E-state index is -0.203. The van der Waals surface area contributed by atoms with E-state index in [0.29, 0.717) is 17.3 Å². The summed E-state index contributed by atoms with van der Waals surface area (Å²) in [5.41, 5.74) is 4.27. The van der Waals surface area contributed by atoms with Gasteiger partial charge in [-0.05, 0) is 34.4 Å². The first-order chi connectivity index (χ1) is 15.2. The van der Waals surface area contributed by atoms with Gasteiger partial charge in [0, 0.05) is 25.5 Å². The second-order valence-corrected chi connectivity index (χ2v) is 7.54. The van der Waals surface area contributed by atoms with E-state index in [1.165, 1.54) is 5.56 Å². The standard InChI is InChI=1S/C25H22ClN3O2/c26-23-14-22(21-4-2-1-3-5-21)10-11-24(23)31-17-25(30)28-15-19-6-8-20(9-7-19)16-29-13-12-27-18-29/h1-14,18H,15-17H2,(H,28,30). The molecule has 4 rings (SSSR count). The Morgan fingerprint density at radius 3 is 2.45 bits per heavy atom. The van der Waals surface area contributed by atoms with Gasteiger partial charge in [-0.2, -0.15) is 0 Å². The van der Waals surface area contributed by atoms with Crippen molar-refractivity contribution in [2.24, 2.45) is 0 Å². The lowest BCUT2D eigenvalue weighted by atomic mass is 10.1. The maximum absolute atomic E-state index is 12.2. The number of nitrogens with one attached hydrogen (secondary N) is 1. The van der Waals surface area contributed by atoms with Gasteiger partial charge in [0.25, 0.3) is 5.91 Å². The number of ether oxygens (including phenoxy) is 1. The minimum absolute atomic E-state index is 0.0941. The number of amides is 1. The zero-order chi connectivity index (χ0) is 21.5. The van der Waals surface area contributed by atoms with Gasteiger partial charge >= 0.3 is 0 Å². The largest absolute Gasteiger partial charge is 0.482 e. The van der Waals surface area contributed by atoms with Gasteiger partial charge in [0.1, 0.15) is 5.75 Å². The third-order valence-corrected chi connectivity index (χ3v) is 5.13. The van der Waals surface area contributed by atoms with Crippen molar-refractivity contribution < 1.29 is 9.53 Å². The van der Waals surface area contributed by atoms with E-state index in [0.717, 1.165) is 23.2 Å². The van der Waals surface area contributed by atoms with Gasteiger partial charge in [0.2, 0.25) is 0 Å². The first-order valence-electron chi connectivity index (χ1n) is 9.95. The number of imidazole rings is 1. The molecule has 0 aliphatic rings. The molecule has 0 fully saturated rings. The number of carbonyl (C=O) groups excluding carboxylic acids is 1. The van der Waals surface area contributed by atoms with Crippen molar-refractivity contribution >= 4 is 17.5 Å². The summed E-state index contributed by atoms with van der Waals surface area (Å²) in [5, 5.41) is 3.34. The van der Waals surface area contributed by atoms with Crippen LogP contribution in [-0.2, 0) is 17.9 Å². The predicted octanol–water partition coefficient (Wildman–Crippen LogP) is 4.95. The average Bonchev–Trinajstić information content (AvgIpc) is 3.31. The van der Waals surface area contributed by atoms with Crippen molar-refractivity contribution in [2.75, 3.05) is 6.61 Å². The molecular weight excluding hydrogens is 410 g/mol. The highest BCUT2D eigenvalue weighted by atomic mass is 35.5. The zero-order valence-electron chi connectivity index (χ0n) is 16.9. The summed E-state index contributed by atoms with van der Waals surface area (Å²) in [4.78, 5) is 16.2. The summed E-state index contributed by atoms with van der Waals surface area (Å²) in [6.45, 7) is 1.11. The Morgan fingerprint density at radius 1 is 0.968 bits per heavy atom. The number of rotatable bonds is 8. The van der Waals surface area contributed by atoms with Crippen LogP contribution in [0.5, 0.6) is 5.75 Å². The lowest BCUT2D eigenvalue weighted by Gasteiger charge is -2.11. The molecule has 3 aromatic carbocycles. The molecule has 0 saturated carbocycles. The lowest BCUT2D eigenvalue weighted by Crippen LogP contribution is -2.28. The quantitative estimate of drug-likeness (QED) is 0.429.